The zero-order valence-corrected chi connectivity index (χ0v) is 18.9. The van der Waals surface area contributed by atoms with Crippen molar-refractivity contribution in [2.75, 3.05) is 19.8 Å². The fraction of sp³-hybridized carbons (Fsp3) is 0.667. The fourth-order valence-corrected chi connectivity index (χ4v) is 3.70. The molecule has 0 bridgehead atoms. The number of hydrogen-bond acceptors (Lipinski definition) is 4. The highest BCUT2D eigenvalue weighted by Crippen LogP contribution is 2.22. The average Bonchev–Trinajstić information content (AvgIpc) is 2.71. The second-order valence-corrected chi connectivity index (χ2v) is 7.46. The average molecular weight is 434 g/mol. The predicted octanol–water partition coefficient (Wildman–Crippen LogP) is 3.61. The maximum atomic E-state index is 12.6. The van der Waals surface area contributed by atoms with E-state index < -0.39 is 6.04 Å². The number of amides is 1. The Bertz CT molecular complexity index is 550. The second kappa shape index (κ2) is 13.4. The number of nitrogens with one attached hydrogen (secondary N) is 2. The zero-order valence-electron chi connectivity index (χ0n) is 17.3. The van der Waals surface area contributed by atoms with E-state index in [0.717, 1.165) is 25.7 Å². The van der Waals surface area contributed by atoms with Crippen molar-refractivity contribution < 1.29 is 9.53 Å². The number of nitrogens with two attached hydrogens (primary N) is 1. The largest absolute Gasteiger partial charge is 0.381 e. The van der Waals surface area contributed by atoms with E-state index in [1.54, 1.807) is 0 Å². The molecule has 5 nitrogen and oxygen atoms in total. The van der Waals surface area contributed by atoms with Crippen molar-refractivity contribution >= 4 is 30.7 Å². The standard InChI is InChI=1S/C21H35N3O2.2ClH/c1-4-21(5-2,24-16(3)17-9-7-6-8-10-17)15-23-20(25)19(22)18-11-13-26-14-12-18;;/h6-10,16,18-19,24H,4-5,11-15,22H2,1-3H3,(H,23,25);2*1H. The van der Waals surface area contributed by atoms with Crippen LogP contribution in [-0.4, -0.2) is 37.2 Å². The van der Waals surface area contributed by atoms with Crippen molar-refractivity contribution in [3.05, 3.63) is 35.9 Å². The first-order valence-corrected chi connectivity index (χ1v) is 9.95. The Morgan fingerprint density at radius 2 is 1.75 bits per heavy atom. The molecule has 0 saturated carbocycles. The third-order valence-corrected chi connectivity index (χ3v) is 5.85. The first-order chi connectivity index (χ1) is 12.5. The molecule has 2 rings (SSSR count). The second-order valence-electron chi connectivity index (χ2n) is 7.46. The Morgan fingerprint density at radius 3 is 2.29 bits per heavy atom. The summed E-state index contributed by atoms with van der Waals surface area (Å²) < 4.78 is 5.37. The van der Waals surface area contributed by atoms with E-state index >= 15 is 0 Å². The first-order valence-electron chi connectivity index (χ1n) is 9.95. The van der Waals surface area contributed by atoms with E-state index in [2.05, 4.69) is 55.7 Å². The van der Waals surface area contributed by atoms with E-state index in [1.165, 1.54) is 5.56 Å². The summed E-state index contributed by atoms with van der Waals surface area (Å²) in [6, 6.07) is 10.2. The van der Waals surface area contributed by atoms with Crippen LogP contribution in [0.15, 0.2) is 30.3 Å². The normalized spacial score (nSPS) is 17.0. The molecule has 1 aliphatic rings. The summed E-state index contributed by atoms with van der Waals surface area (Å²) in [5.41, 5.74) is 7.32. The van der Waals surface area contributed by atoms with Gasteiger partial charge in [0.25, 0.3) is 0 Å². The number of halogens is 2. The lowest BCUT2D eigenvalue weighted by Crippen LogP contribution is -2.56. The summed E-state index contributed by atoms with van der Waals surface area (Å²) in [5.74, 6) is 0.176. The number of rotatable bonds is 9. The number of ether oxygens (including phenoxy) is 1. The van der Waals surface area contributed by atoms with Crippen LogP contribution < -0.4 is 16.4 Å². The van der Waals surface area contributed by atoms with Crippen molar-refractivity contribution in [2.45, 2.75) is 64.1 Å². The zero-order chi connectivity index (χ0) is 19.0. The van der Waals surface area contributed by atoms with E-state index in [1.807, 2.05) is 6.07 Å². The third kappa shape index (κ3) is 7.53. The van der Waals surface area contributed by atoms with Gasteiger partial charge in [0.2, 0.25) is 5.91 Å². The summed E-state index contributed by atoms with van der Waals surface area (Å²) in [6.07, 6.45) is 3.61. The highest BCUT2D eigenvalue weighted by Gasteiger charge is 2.31. The molecule has 28 heavy (non-hydrogen) atoms. The van der Waals surface area contributed by atoms with E-state index in [-0.39, 0.29) is 48.2 Å². The number of benzene rings is 1. The van der Waals surface area contributed by atoms with Gasteiger partial charge in [-0.3, -0.25) is 4.79 Å². The molecule has 1 aromatic rings. The number of hydrogen-bond donors (Lipinski definition) is 3. The minimum atomic E-state index is -0.447. The van der Waals surface area contributed by atoms with Gasteiger partial charge in [-0.15, -0.1) is 24.8 Å². The lowest BCUT2D eigenvalue weighted by Gasteiger charge is -2.37. The Hall–Kier alpha value is -0.850. The van der Waals surface area contributed by atoms with Crippen molar-refractivity contribution in [1.29, 1.82) is 0 Å². The summed E-state index contributed by atoms with van der Waals surface area (Å²) in [7, 11) is 0. The third-order valence-electron chi connectivity index (χ3n) is 5.85. The first kappa shape index (κ1) is 27.1. The predicted molar refractivity (Wildman–Crippen MR) is 120 cm³/mol. The number of carbonyl (C=O) groups excluding carboxylic acids is 1. The molecule has 1 aromatic carbocycles. The molecule has 7 heteroatoms. The fourth-order valence-electron chi connectivity index (χ4n) is 3.70. The number of carbonyl (C=O) groups is 1. The van der Waals surface area contributed by atoms with E-state index in [9.17, 15) is 4.79 Å². The van der Waals surface area contributed by atoms with Crippen LogP contribution in [0.25, 0.3) is 0 Å². The molecule has 1 saturated heterocycles. The van der Waals surface area contributed by atoms with E-state index in [4.69, 9.17) is 10.5 Å². The van der Waals surface area contributed by atoms with Gasteiger partial charge in [0.1, 0.15) is 0 Å². The van der Waals surface area contributed by atoms with Crippen LogP contribution in [0.5, 0.6) is 0 Å². The Morgan fingerprint density at radius 1 is 1.18 bits per heavy atom. The quantitative estimate of drug-likeness (QED) is 0.555. The summed E-state index contributed by atoms with van der Waals surface area (Å²) in [5, 5.41) is 6.86. The molecule has 0 aliphatic carbocycles. The van der Waals surface area contributed by atoms with Gasteiger partial charge in [-0.05, 0) is 44.1 Å². The van der Waals surface area contributed by atoms with Crippen molar-refractivity contribution in [2.24, 2.45) is 11.7 Å². The highest BCUT2D eigenvalue weighted by molar-refractivity contribution is 5.85. The van der Waals surface area contributed by atoms with Crippen LogP contribution in [-0.2, 0) is 9.53 Å². The maximum Gasteiger partial charge on any atom is 0.237 e. The van der Waals surface area contributed by atoms with Gasteiger partial charge in [-0.1, -0.05) is 44.2 Å². The lowest BCUT2D eigenvalue weighted by atomic mass is 9.89. The molecule has 2 unspecified atom stereocenters. The molecule has 4 N–H and O–H groups in total. The molecular formula is C21H37Cl2N3O2. The molecule has 162 valence electrons. The molecular weight excluding hydrogens is 397 g/mol. The maximum absolute atomic E-state index is 12.6. The van der Waals surface area contributed by atoms with Crippen LogP contribution in [0.3, 0.4) is 0 Å². The van der Waals surface area contributed by atoms with Crippen molar-refractivity contribution in [1.82, 2.24) is 10.6 Å². The minimum Gasteiger partial charge on any atom is -0.381 e. The van der Waals surface area contributed by atoms with Gasteiger partial charge >= 0.3 is 0 Å². The summed E-state index contributed by atoms with van der Waals surface area (Å²) in [6.45, 7) is 8.50. The van der Waals surface area contributed by atoms with E-state index in [0.29, 0.717) is 19.8 Å². The molecule has 1 fully saturated rings. The lowest BCUT2D eigenvalue weighted by molar-refractivity contribution is -0.124. The molecule has 2 atom stereocenters. The van der Waals surface area contributed by atoms with Crippen molar-refractivity contribution in [3.8, 4) is 0 Å². The molecule has 0 spiro atoms. The minimum absolute atomic E-state index is 0. The van der Waals surface area contributed by atoms with Crippen LogP contribution in [0.4, 0.5) is 0 Å². The Kier molecular flexibility index (Phi) is 13.0. The van der Waals surface area contributed by atoms with Crippen molar-refractivity contribution in [3.63, 3.8) is 0 Å². The molecule has 1 heterocycles. The Labute approximate surface area is 182 Å². The van der Waals surface area contributed by atoms with Crippen LogP contribution in [0.1, 0.15) is 58.1 Å². The van der Waals surface area contributed by atoms with Gasteiger partial charge in [0.15, 0.2) is 0 Å². The molecule has 1 aliphatic heterocycles. The van der Waals surface area contributed by atoms with Crippen LogP contribution >= 0.6 is 24.8 Å². The van der Waals surface area contributed by atoms with Gasteiger partial charge in [0, 0.05) is 31.3 Å². The van der Waals surface area contributed by atoms with Gasteiger partial charge in [-0.25, -0.2) is 0 Å². The summed E-state index contributed by atoms with van der Waals surface area (Å²) in [4.78, 5) is 12.6. The molecule has 1 amide bonds. The SMILES string of the molecule is CCC(CC)(CNC(=O)C(N)C1CCOCC1)NC(C)c1ccccc1.Cl.Cl. The topological polar surface area (TPSA) is 76.4 Å². The van der Waals surface area contributed by atoms with Gasteiger partial charge < -0.3 is 21.1 Å². The molecule has 0 radical (unpaired) electrons. The highest BCUT2D eigenvalue weighted by atomic mass is 35.5. The summed E-state index contributed by atoms with van der Waals surface area (Å²) >= 11 is 0. The van der Waals surface area contributed by atoms with Gasteiger partial charge in [0.05, 0.1) is 6.04 Å². The smallest absolute Gasteiger partial charge is 0.237 e. The van der Waals surface area contributed by atoms with Crippen LogP contribution in [0.2, 0.25) is 0 Å². The van der Waals surface area contributed by atoms with Crippen LogP contribution in [0, 0.1) is 5.92 Å². The van der Waals surface area contributed by atoms with Gasteiger partial charge in [-0.2, -0.15) is 0 Å². The monoisotopic (exact) mass is 433 g/mol. The molecule has 0 aromatic heterocycles. The Balaban J connectivity index is 0.00000364.